The minimum Gasteiger partial charge on any atom is -0.355 e. The maximum Gasteiger partial charge on any atom is 0.247 e. The molecular weight excluding hydrogens is 399 g/mol. The number of rotatable bonds is 8. The molecule has 2 amide bonds. The number of nitrogens with zero attached hydrogens (tertiary/aromatic N) is 3. The normalized spacial score (nSPS) is 11.0. The van der Waals surface area contributed by atoms with E-state index >= 15 is 0 Å². The second-order valence-corrected chi connectivity index (χ2v) is 7.01. The highest BCUT2D eigenvalue weighted by Crippen LogP contribution is 2.23. The summed E-state index contributed by atoms with van der Waals surface area (Å²) in [6, 6.07) is 7.45. The fraction of sp³-hybridized carbons (Fsp3) is 0.350. The van der Waals surface area contributed by atoms with Crippen molar-refractivity contribution in [2.45, 2.75) is 27.3 Å². The Labute approximate surface area is 175 Å². The van der Waals surface area contributed by atoms with Gasteiger partial charge in [0.05, 0.1) is 18.8 Å². The molecule has 150 valence electrons. The van der Waals surface area contributed by atoms with Gasteiger partial charge in [0.2, 0.25) is 11.8 Å². The number of aryl methyl sites for hydroxylation is 1. The molecule has 0 bridgehead atoms. The highest BCUT2D eigenvalue weighted by atomic mass is 35.5. The van der Waals surface area contributed by atoms with Crippen LogP contribution >= 0.6 is 23.2 Å². The number of nitrogens with one attached hydrogen (secondary N) is 1. The molecule has 6 nitrogen and oxygen atoms in total. The van der Waals surface area contributed by atoms with Crippen molar-refractivity contribution in [1.82, 2.24) is 20.0 Å². The second kappa shape index (κ2) is 10.3. The van der Waals surface area contributed by atoms with Crippen LogP contribution in [0.2, 0.25) is 10.2 Å². The molecule has 8 heteroatoms. The molecule has 0 fully saturated rings. The Kier molecular flexibility index (Phi) is 8.08. The van der Waals surface area contributed by atoms with Crippen LogP contribution in [0.4, 0.5) is 0 Å². The largest absolute Gasteiger partial charge is 0.355 e. The van der Waals surface area contributed by atoms with E-state index in [1.807, 2.05) is 45.0 Å². The van der Waals surface area contributed by atoms with Gasteiger partial charge >= 0.3 is 0 Å². The van der Waals surface area contributed by atoms with Crippen LogP contribution < -0.4 is 5.32 Å². The van der Waals surface area contributed by atoms with Crippen molar-refractivity contribution in [3.8, 4) is 0 Å². The molecule has 0 aliphatic carbocycles. The van der Waals surface area contributed by atoms with Crippen molar-refractivity contribution in [3.05, 3.63) is 57.3 Å². The summed E-state index contributed by atoms with van der Waals surface area (Å²) in [5, 5.41) is 8.26. The average molecular weight is 423 g/mol. The van der Waals surface area contributed by atoms with Crippen molar-refractivity contribution in [3.63, 3.8) is 0 Å². The van der Waals surface area contributed by atoms with Gasteiger partial charge in [-0.25, -0.2) is 4.68 Å². The predicted octanol–water partition coefficient (Wildman–Crippen LogP) is 3.54. The van der Waals surface area contributed by atoms with E-state index in [-0.39, 0.29) is 18.4 Å². The summed E-state index contributed by atoms with van der Waals surface area (Å²) in [5.74, 6) is -0.439. The summed E-state index contributed by atoms with van der Waals surface area (Å²) in [5.41, 5.74) is 2.41. The molecule has 2 aromatic rings. The van der Waals surface area contributed by atoms with Crippen LogP contribution in [-0.2, 0) is 16.1 Å². The van der Waals surface area contributed by atoms with Gasteiger partial charge in [-0.05, 0) is 44.5 Å². The Morgan fingerprint density at radius 1 is 1.21 bits per heavy atom. The van der Waals surface area contributed by atoms with Crippen LogP contribution in [0, 0.1) is 6.92 Å². The zero-order valence-electron chi connectivity index (χ0n) is 16.2. The monoisotopic (exact) mass is 422 g/mol. The molecule has 1 heterocycles. The van der Waals surface area contributed by atoms with Crippen molar-refractivity contribution in [2.75, 3.05) is 19.6 Å². The number of likely N-dealkylation sites (N-methyl/N-ethyl adjacent to an activating group) is 2. The minimum atomic E-state index is -0.255. The van der Waals surface area contributed by atoms with E-state index in [4.69, 9.17) is 23.2 Å². The van der Waals surface area contributed by atoms with Crippen LogP contribution in [0.1, 0.15) is 30.7 Å². The average Bonchev–Trinajstić information content (AvgIpc) is 2.93. The van der Waals surface area contributed by atoms with Gasteiger partial charge < -0.3 is 10.2 Å². The Morgan fingerprint density at radius 2 is 1.89 bits per heavy atom. The van der Waals surface area contributed by atoms with Gasteiger partial charge in [0, 0.05) is 29.8 Å². The summed E-state index contributed by atoms with van der Waals surface area (Å²) in [6.07, 6.45) is 3.07. The number of carbonyl (C=O) groups is 2. The van der Waals surface area contributed by atoms with Crippen LogP contribution in [0.3, 0.4) is 0 Å². The molecule has 28 heavy (non-hydrogen) atoms. The van der Waals surface area contributed by atoms with Crippen LogP contribution in [0.5, 0.6) is 0 Å². The van der Waals surface area contributed by atoms with Crippen LogP contribution in [0.25, 0.3) is 6.08 Å². The summed E-state index contributed by atoms with van der Waals surface area (Å²) in [6.45, 7) is 6.98. The minimum absolute atomic E-state index is 0.0239. The highest BCUT2D eigenvalue weighted by molar-refractivity contribution is 6.31. The first-order chi connectivity index (χ1) is 13.3. The first-order valence-electron chi connectivity index (χ1n) is 9.06. The molecular formula is C20H24Cl2N4O2. The number of halogens is 2. The first-order valence-corrected chi connectivity index (χ1v) is 9.82. The first kappa shape index (κ1) is 22.0. The van der Waals surface area contributed by atoms with E-state index < -0.39 is 0 Å². The van der Waals surface area contributed by atoms with Crippen LogP contribution in [-0.4, -0.2) is 46.1 Å². The molecule has 0 saturated heterocycles. The smallest absolute Gasteiger partial charge is 0.247 e. The number of hydrogen-bond donors (Lipinski definition) is 1. The van der Waals surface area contributed by atoms with Gasteiger partial charge in [-0.1, -0.05) is 35.3 Å². The van der Waals surface area contributed by atoms with E-state index in [0.29, 0.717) is 35.4 Å². The van der Waals surface area contributed by atoms with Gasteiger partial charge in [0.25, 0.3) is 0 Å². The number of hydrogen-bond acceptors (Lipinski definition) is 3. The summed E-state index contributed by atoms with van der Waals surface area (Å²) in [7, 11) is 0. The molecule has 1 N–H and O–H groups in total. The maximum absolute atomic E-state index is 12.4. The lowest BCUT2D eigenvalue weighted by Crippen LogP contribution is -2.39. The van der Waals surface area contributed by atoms with Crippen LogP contribution in [0.15, 0.2) is 30.3 Å². The standard InChI is InChI=1S/C20H24Cl2N4O2/c1-4-23-18(27)13-25(5-2)19(28)11-10-17-14(3)24-26(20(17)22)12-15-6-8-16(21)9-7-15/h6-11H,4-5,12-13H2,1-3H3,(H,23,27)/b11-10+. The molecule has 2 rings (SSSR count). The number of carbonyl (C=O) groups excluding carboxylic acids is 2. The topological polar surface area (TPSA) is 67.2 Å². The predicted molar refractivity (Wildman–Crippen MR) is 112 cm³/mol. The molecule has 0 radical (unpaired) electrons. The van der Waals surface area contributed by atoms with Gasteiger partial charge in [0.15, 0.2) is 0 Å². The van der Waals surface area contributed by atoms with Crippen molar-refractivity contribution in [1.29, 1.82) is 0 Å². The lowest BCUT2D eigenvalue weighted by atomic mass is 10.2. The highest BCUT2D eigenvalue weighted by Gasteiger charge is 2.15. The zero-order valence-corrected chi connectivity index (χ0v) is 17.7. The van der Waals surface area contributed by atoms with Crippen molar-refractivity contribution < 1.29 is 9.59 Å². The van der Waals surface area contributed by atoms with Crippen molar-refractivity contribution >= 4 is 41.1 Å². The Hall–Kier alpha value is -2.31. The number of aromatic nitrogens is 2. The fourth-order valence-corrected chi connectivity index (χ4v) is 3.08. The summed E-state index contributed by atoms with van der Waals surface area (Å²) < 4.78 is 1.68. The Morgan fingerprint density at radius 3 is 2.50 bits per heavy atom. The third kappa shape index (κ3) is 5.84. The van der Waals surface area contributed by atoms with E-state index in [0.717, 1.165) is 11.3 Å². The third-order valence-electron chi connectivity index (χ3n) is 4.15. The SMILES string of the molecule is CCNC(=O)CN(CC)C(=O)/C=C/c1c(C)nn(Cc2ccc(Cl)cc2)c1Cl. The number of amides is 2. The second-order valence-electron chi connectivity index (χ2n) is 6.21. The van der Waals surface area contributed by atoms with Crippen molar-refractivity contribution in [2.24, 2.45) is 0 Å². The molecule has 0 unspecified atom stereocenters. The van der Waals surface area contributed by atoms with E-state index in [1.165, 1.54) is 11.0 Å². The molecule has 1 aromatic heterocycles. The fourth-order valence-electron chi connectivity index (χ4n) is 2.66. The lowest BCUT2D eigenvalue weighted by molar-refractivity contribution is -0.132. The van der Waals surface area contributed by atoms with Gasteiger partial charge in [-0.2, -0.15) is 5.10 Å². The Bertz CT molecular complexity index is 860. The molecule has 0 saturated carbocycles. The molecule has 1 aromatic carbocycles. The summed E-state index contributed by atoms with van der Waals surface area (Å²) >= 11 is 12.4. The Balaban J connectivity index is 2.12. The lowest BCUT2D eigenvalue weighted by Gasteiger charge is -2.18. The van der Waals surface area contributed by atoms with E-state index in [2.05, 4.69) is 10.4 Å². The summed E-state index contributed by atoms with van der Waals surface area (Å²) in [4.78, 5) is 25.6. The molecule has 0 aliphatic heterocycles. The molecule has 0 atom stereocenters. The number of benzene rings is 1. The molecule has 0 aliphatic rings. The van der Waals surface area contributed by atoms with E-state index in [9.17, 15) is 9.59 Å². The third-order valence-corrected chi connectivity index (χ3v) is 4.80. The maximum atomic E-state index is 12.4. The zero-order chi connectivity index (χ0) is 20.7. The van der Waals surface area contributed by atoms with Gasteiger partial charge in [-0.15, -0.1) is 0 Å². The van der Waals surface area contributed by atoms with Gasteiger partial charge in [-0.3, -0.25) is 9.59 Å². The molecule has 0 spiro atoms. The van der Waals surface area contributed by atoms with E-state index in [1.54, 1.807) is 10.8 Å². The quantitative estimate of drug-likeness (QED) is 0.661. The van der Waals surface area contributed by atoms with Gasteiger partial charge in [0.1, 0.15) is 5.15 Å².